The van der Waals surface area contributed by atoms with Crippen LogP contribution in [0.4, 0.5) is 4.39 Å². The molecule has 1 aliphatic rings. The minimum absolute atomic E-state index is 0.186. The van der Waals surface area contributed by atoms with Gasteiger partial charge in [-0.25, -0.2) is 4.39 Å². The summed E-state index contributed by atoms with van der Waals surface area (Å²) in [6.45, 7) is 3.61. The van der Waals surface area contributed by atoms with E-state index in [4.69, 9.17) is 5.11 Å². The van der Waals surface area contributed by atoms with Crippen LogP contribution in [0.25, 0.3) is 10.9 Å². The number of unbranched alkanes of at least 4 members (excludes halogenated alkanes) is 1. The Labute approximate surface area is 124 Å². The number of H-pyrrole nitrogens is 1. The summed E-state index contributed by atoms with van der Waals surface area (Å²) < 4.78 is 13.2. The lowest BCUT2D eigenvalue weighted by atomic mass is 9.89. The largest absolute Gasteiger partial charge is 0.396 e. The van der Waals surface area contributed by atoms with E-state index in [-0.39, 0.29) is 5.82 Å². The van der Waals surface area contributed by atoms with Crippen molar-refractivity contribution in [3.8, 4) is 0 Å². The lowest BCUT2D eigenvalue weighted by Crippen LogP contribution is -2.33. The minimum atomic E-state index is -0.186. The molecule has 21 heavy (non-hydrogen) atoms. The topological polar surface area (TPSA) is 39.3 Å². The van der Waals surface area contributed by atoms with Crippen LogP contribution in [0.1, 0.15) is 37.2 Å². The zero-order valence-electron chi connectivity index (χ0n) is 12.3. The number of piperidine rings is 1. The van der Waals surface area contributed by atoms with Crippen LogP contribution < -0.4 is 0 Å². The summed E-state index contributed by atoms with van der Waals surface area (Å²) in [4.78, 5) is 5.68. The molecule has 1 aliphatic heterocycles. The van der Waals surface area contributed by atoms with Crippen LogP contribution >= 0.6 is 0 Å². The molecule has 0 radical (unpaired) electrons. The van der Waals surface area contributed by atoms with Gasteiger partial charge in [0.2, 0.25) is 0 Å². The van der Waals surface area contributed by atoms with E-state index in [1.54, 1.807) is 12.1 Å². The van der Waals surface area contributed by atoms with Gasteiger partial charge in [0, 0.05) is 23.7 Å². The molecule has 0 aliphatic carbocycles. The summed E-state index contributed by atoms with van der Waals surface area (Å²) in [5.74, 6) is 0.382. The molecule has 0 amide bonds. The van der Waals surface area contributed by atoms with Gasteiger partial charge in [0.1, 0.15) is 5.82 Å². The van der Waals surface area contributed by atoms with Gasteiger partial charge in [-0.3, -0.25) is 0 Å². The molecule has 4 heteroatoms. The van der Waals surface area contributed by atoms with Crippen molar-refractivity contribution >= 4 is 10.9 Å². The number of hydrogen-bond donors (Lipinski definition) is 2. The van der Waals surface area contributed by atoms with Crippen LogP contribution in [0.3, 0.4) is 0 Å². The first-order valence-electron chi connectivity index (χ1n) is 7.87. The highest BCUT2D eigenvalue weighted by atomic mass is 19.1. The third kappa shape index (κ3) is 3.27. The second-order valence-corrected chi connectivity index (χ2v) is 5.98. The average Bonchev–Trinajstić information content (AvgIpc) is 2.91. The molecule has 1 fully saturated rings. The van der Waals surface area contributed by atoms with Crippen LogP contribution in [0.15, 0.2) is 24.4 Å². The van der Waals surface area contributed by atoms with Gasteiger partial charge >= 0.3 is 0 Å². The highest BCUT2D eigenvalue weighted by Crippen LogP contribution is 2.33. The number of hydrogen-bond acceptors (Lipinski definition) is 2. The molecule has 2 heterocycles. The number of aromatic nitrogens is 1. The normalized spacial score (nSPS) is 17.6. The molecule has 3 nitrogen and oxygen atoms in total. The van der Waals surface area contributed by atoms with Gasteiger partial charge in [0.05, 0.1) is 0 Å². The van der Waals surface area contributed by atoms with Crippen molar-refractivity contribution < 1.29 is 9.50 Å². The fourth-order valence-electron chi connectivity index (χ4n) is 3.37. The SMILES string of the molecule is OCCCCN1CCC(c2c[nH]c3cc(F)ccc23)CC1. The van der Waals surface area contributed by atoms with E-state index in [1.807, 2.05) is 6.07 Å². The summed E-state index contributed by atoms with van der Waals surface area (Å²) in [7, 11) is 0. The van der Waals surface area contributed by atoms with Crippen LogP contribution in [0, 0.1) is 5.82 Å². The fraction of sp³-hybridized carbons (Fsp3) is 0.529. The van der Waals surface area contributed by atoms with E-state index in [1.165, 1.54) is 5.56 Å². The first kappa shape index (κ1) is 14.5. The molecular formula is C17H23FN2O. The van der Waals surface area contributed by atoms with Gasteiger partial charge in [-0.05, 0) is 75.0 Å². The molecule has 0 bridgehead atoms. The molecule has 0 unspecified atom stereocenters. The highest BCUT2D eigenvalue weighted by Gasteiger charge is 2.22. The first-order valence-corrected chi connectivity index (χ1v) is 7.87. The lowest BCUT2D eigenvalue weighted by Gasteiger charge is -2.31. The van der Waals surface area contributed by atoms with Crippen LogP contribution in [0.2, 0.25) is 0 Å². The molecular weight excluding hydrogens is 267 g/mol. The standard InChI is InChI=1S/C17H23FN2O/c18-14-3-4-15-16(12-19-17(15)11-14)13-5-8-20(9-6-13)7-1-2-10-21/h3-4,11-13,19,21H,1-2,5-10H2. The van der Waals surface area contributed by atoms with E-state index in [9.17, 15) is 4.39 Å². The van der Waals surface area contributed by atoms with Gasteiger partial charge in [-0.15, -0.1) is 0 Å². The number of aromatic amines is 1. The van der Waals surface area contributed by atoms with E-state index >= 15 is 0 Å². The lowest BCUT2D eigenvalue weighted by molar-refractivity contribution is 0.200. The van der Waals surface area contributed by atoms with E-state index in [2.05, 4.69) is 16.1 Å². The first-order chi connectivity index (χ1) is 10.3. The Morgan fingerprint density at radius 3 is 2.81 bits per heavy atom. The van der Waals surface area contributed by atoms with Gasteiger partial charge in [0.25, 0.3) is 0 Å². The monoisotopic (exact) mass is 290 g/mol. The Morgan fingerprint density at radius 2 is 2.05 bits per heavy atom. The van der Waals surface area contributed by atoms with Crippen molar-refractivity contribution in [2.24, 2.45) is 0 Å². The number of aliphatic hydroxyl groups excluding tert-OH is 1. The minimum Gasteiger partial charge on any atom is -0.396 e. The van der Waals surface area contributed by atoms with E-state index in [0.29, 0.717) is 12.5 Å². The molecule has 0 spiro atoms. The Kier molecular flexibility index (Phi) is 4.56. The zero-order valence-corrected chi connectivity index (χ0v) is 12.3. The summed E-state index contributed by atoms with van der Waals surface area (Å²) >= 11 is 0. The number of rotatable bonds is 5. The molecule has 2 aromatic rings. The summed E-state index contributed by atoms with van der Waals surface area (Å²) in [6.07, 6.45) is 6.34. The van der Waals surface area contributed by atoms with Gasteiger partial charge in [0.15, 0.2) is 0 Å². The Bertz CT molecular complexity index is 587. The van der Waals surface area contributed by atoms with Gasteiger partial charge in [-0.1, -0.05) is 0 Å². The molecule has 3 rings (SSSR count). The second-order valence-electron chi connectivity index (χ2n) is 5.98. The highest BCUT2D eigenvalue weighted by molar-refractivity contribution is 5.83. The van der Waals surface area contributed by atoms with Crippen molar-refractivity contribution in [1.82, 2.24) is 9.88 Å². The quantitative estimate of drug-likeness (QED) is 0.830. The Morgan fingerprint density at radius 1 is 1.24 bits per heavy atom. The number of nitrogens with one attached hydrogen (secondary N) is 1. The number of benzene rings is 1. The average molecular weight is 290 g/mol. The molecule has 1 aromatic carbocycles. The summed E-state index contributed by atoms with van der Waals surface area (Å²) in [6, 6.07) is 5.01. The van der Waals surface area contributed by atoms with Crippen molar-refractivity contribution in [1.29, 1.82) is 0 Å². The summed E-state index contributed by atoms with van der Waals surface area (Å²) in [5, 5.41) is 10.00. The van der Waals surface area contributed by atoms with Crippen molar-refractivity contribution in [3.63, 3.8) is 0 Å². The summed E-state index contributed by atoms with van der Waals surface area (Å²) in [5.41, 5.74) is 2.23. The number of halogens is 1. The van der Waals surface area contributed by atoms with Crippen LogP contribution in [-0.2, 0) is 0 Å². The number of aliphatic hydroxyl groups is 1. The molecule has 1 saturated heterocycles. The maximum absolute atomic E-state index is 13.2. The maximum Gasteiger partial charge on any atom is 0.125 e. The zero-order chi connectivity index (χ0) is 14.7. The van der Waals surface area contributed by atoms with Gasteiger partial charge in [-0.2, -0.15) is 0 Å². The number of fused-ring (bicyclic) bond motifs is 1. The molecule has 1 aromatic heterocycles. The molecule has 114 valence electrons. The maximum atomic E-state index is 13.2. The van der Waals surface area contributed by atoms with Crippen molar-refractivity contribution in [3.05, 3.63) is 35.8 Å². The molecule has 2 N–H and O–H groups in total. The fourth-order valence-corrected chi connectivity index (χ4v) is 3.37. The Balaban J connectivity index is 1.63. The number of nitrogens with zero attached hydrogens (tertiary/aromatic N) is 1. The van der Waals surface area contributed by atoms with E-state index in [0.717, 1.165) is 56.2 Å². The molecule has 0 atom stereocenters. The van der Waals surface area contributed by atoms with Crippen LogP contribution in [-0.4, -0.2) is 41.2 Å². The van der Waals surface area contributed by atoms with E-state index < -0.39 is 0 Å². The second kappa shape index (κ2) is 6.58. The van der Waals surface area contributed by atoms with Crippen molar-refractivity contribution in [2.75, 3.05) is 26.2 Å². The third-order valence-electron chi connectivity index (χ3n) is 4.59. The number of likely N-dealkylation sites (tertiary alicyclic amines) is 1. The predicted molar refractivity (Wildman–Crippen MR) is 83.0 cm³/mol. The van der Waals surface area contributed by atoms with Crippen LogP contribution in [0.5, 0.6) is 0 Å². The van der Waals surface area contributed by atoms with Gasteiger partial charge < -0.3 is 15.0 Å². The smallest absolute Gasteiger partial charge is 0.125 e. The predicted octanol–water partition coefficient (Wildman–Crippen LogP) is 3.26. The Hall–Kier alpha value is -1.39. The van der Waals surface area contributed by atoms with Crippen molar-refractivity contribution in [2.45, 2.75) is 31.6 Å². The molecule has 0 saturated carbocycles. The third-order valence-corrected chi connectivity index (χ3v) is 4.59.